The van der Waals surface area contributed by atoms with Crippen LogP contribution in [0.2, 0.25) is 0 Å². The molecule has 22 heavy (non-hydrogen) atoms. The summed E-state index contributed by atoms with van der Waals surface area (Å²) in [6.45, 7) is 5.89. The van der Waals surface area contributed by atoms with Gasteiger partial charge < -0.3 is 5.32 Å². The maximum Gasteiger partial charge on any atom is 0.453 e. The minimum atomic E-state index is -4.59. The van der Waals surface area contributed by atoms with Gasteiger partial charge in [0.05, 0.1) is 5.69 Å². The molecular weight excluding hydrogens is 313 g/mol. The number of anilines is 1. The van der Waals surface area contributed by atoms with Crippen molar-refractivity contribution in [3.05, 3.63) is 29.1 Å². The average Bonchev–Trinajstić information content (AvgIpc) is 2.84. The van der Waals surface area contributed by atoms with Crippen LogP contribution in [0.1, 0.15) is 36.7 Å². The second-order valence-electron chi connectivity index (χ2n) is 5.27. The maximum atomic E-state index is 12.8. The number of halogens is 3. The standard InChI is InChI=1S/C14H17F3N4S/c1-7(2)9-5-8(3)10(6-11(9)22)21-13(18-4)19-12(20-21)14(15,16)17/h5-7,22H,1-4H3,(H,18,19,20). The fourth-order valence-electron chi connectivity index (χ4n) is 2.16. The minimum Gasteiger partial charge on any atom is -0.357 e. The van der Waals surface area contributed by atoms with Crippen molar-refractivity contribution in [2.45, 2.75) is 37.8 Å². The molecule has 1 aromatic heterocycles. The van der Waals surface area contributed by atoms with E-state index < -0.39 is 12.0 Å². The van der Waals surface area contributed by atoms with E-state index in [1.54, 1.807) is 6.07 Å². The van der Waals surface area contributed by atoms with Crippen LogP contribution in [0.25, 0.3) is 5.69 Å². The first-order valence-corrected chi connectivity index (χ1v) is 7.15. The Kier molecular flexibility index (Phi) is 4.42. The van der Waals surface area contributed by atoms with Gasteiger partial charge in [-0.15, -0.1) is 17.7 Å². The number of alkyl halides is 3. The van der Waals surface area contributed by atoms with Crippen molar-refractivity contribution in [2.24, 2.45) is 0 Å². The summed E-state index contributed by atoms with van der Waals surface area (Å²) in [7, 11) is 1.50. The van der Waals surface area contributed by atoms with Crippen molar-refractivity contribution in [3.8, 4) is 5.69 Å². The molecular formula is C14H17F3N4S. The van der Waals surface area contributed by atoms with E-state index in [9.17, 15) is 13.2 Å². The number of hydrogen-bond acceptors (Lipinski definition) is 4. The van der Waals surface area contributed by atoms with Crippen molar-refractivity contribution < 1.29 is 13.2 Å². The first kappa shape index (κ1) is 16.7. The lowest BCUT2D eigenvalue weighted by molar-refractivity contribution is -0.144. The molecule has 0 radical (unpaired) electrons. The zero-order chi connectivity index (χ0) is 16.7. The molecule has 1 N–H and O–H groups in total. The first-order valence-electron chi connectivity index (χ1n) is 6.71. The van der Waals surface area contributed by atoms with Gasteiger partial charge in [-0.2, -0.15) is 22.8 Å². The van der Waals surface area contributed by atoms with Crippen molar-refractivity contribution in [1.29, 1.82) is 0 Å². The van der Waals surface area contributed by atoms with E-state index in [4.69, 9.17) is 0 Å². The number of nitrogens with zero attached hydrogens (tertiary/aromatic N) is 3. The third kappa shape index (κ3) is 3.06. The molecule has 2 rings (SSSR count). The Balaban J connectivity index is 2.62. The average molecular weight is 330 g/mol. The summed E-state index contributed by atoms with van der Waals surface area (Å²) < 4.78 is 39.6. The Morgan fingerprint density at radius 1 is 1.27 bits per heavy atom. The quantitative estimate of drug-likeness (QED) is 0.835. The first-order chi connectivity index (χ1) is 10.1. The summed E-state index contributed by atoms with van der Waals surface area (Å²) >= 11 is 4.43. The van der Waals surface area contributed by atoms with E-state index in [0.29, 0.717) is 10.6 Å². The van der Waals surface area contributed by atoms with Crippen molar-refractivity contribution >= 4 is 18.6 Å². The van der Waals surface area contributed by atoms with Gasteiger partial charge in [-0.05, 0) is 30.0 Å². The second kappa shape index (κ2) is 5.83. The highest BCUT2D eigenvalue weighted by Gasteiger charge is 2.37. The monoisotopic (exact) mass is 330 g/mol. The molecule has 120 valence electrons. The van der Waals surface area contributed by atoms with Crippen LogP contribution in [0, 0.1) is 6.92 Å². The Hall–Kier alpha value is -1.70. The third-order valence-electron chi connectivity index (χ3n) is 3.28. The molecule has 0 bridgehead atoms. The molecule has 0 amide bonds. The van der Waals surface area contributed by atoms with Gasteiger partial charge in [-0.1, -0.05) is 19.9 Å². The third-order valence-corrected chi connectivity index (χ3v) is 3.67. The van der Waals surface area contributed by atoms with Crippen molar-refractivity contribution in [2.75, 3.05) is 12.4 Å². The SMILES string of the molecule is CNc1nc(C(F)(F)F)nn1-c1cc(S)c(C(C)C)cc1C. The van der Waals surface area contributed by atoms with Gasteiger partial charge in [-0.25, -0.2) is 0 Å². The Morgan fingerprint density at radius 3 is 2.41 bits per heavy atom. The number of aromatic nitrogens is 3. The second-order valence-corrected chi connectivity index (χ2v) is 5.75. The summed E-state index contributed by atoms with van der Waals surface area (Å²) in [5.74, 6) is -0.879. The normalized spacial score (nSPS) is 12.0. The van der Waals surface area contributed by atoms with Crippen LogP contribution in [-0.4, -0.2) is 21.8 Å². The largest absolute Gasteiger partial charge is 0.453 e. The molecule has 8 heteroatoms. The van der Waals surface area contributed by atoms with E-state index in [0.717, 1.165) is 15.8 Å². The lowest BCUT2D eigenvalue weighted by Gasteiger charge is -2.15. The van der Waals surface area contributed by atoms with Gasteiger partial charge >= 0.3 is 6.18 Å². The topological polar surface area (TPSA) is 42.7 Å². The fraction of sp³-hybridized carbons (Fsp3) is 0.429. The molecule has 1 aromatic carbocycles. The molecule has 0 spiro atoms. The Labute approximate surface area is 132 Å². The van der Waals surface area contributed by atoms with E-state index in [-0.39, 0.29) is 11.9 Å². The molecule has 0 saturated carbocycles. The van der Waals surface area contributed by atoms with Crippen LogP contribution < -0.4 is 5.32 Å². The number of aryl methyl sites for hydroxylation is 1. The number of nitrogens with one attached hydrogen (secondary N) is 1. The van der Waals surface area contributed by atoms with Gasteiger partial charge in [0.2, 0.25) is 5.95 Å². The molecule has 0 saturated heterocycles. The van der Waals surface area contributed by atoms with Crippen LogP contribution in [-0.2, 0) is 6.18 Å². The zero-order valence-corrected chi connectivity index (χ0v) is 13.5. The van der Waals surface area contributed by atoms with Crippen LogP contribution in [0.5, 0.6) is 0 Å². The smallest absolute Gasteiger partial charge is 0.357 e. The molecule has 0 unspecified atom stereocenters. The number of thiol groups is 1. The van der Waals surface area contributed by atoms with Gasteiger partial charge in [0.15, 0.2) is 0 Å². The molecule has 1 heterocycles. The minimum absolute atomic E-state index is 0.0282. The van der Waals surface area contributed by atoms with Crippen LogP contribution >= 0.6 is 12.6 Å². The maximum absolute atomic E-state index is 12.8. The highest BCUT2D eigenvalue weighted by Crippen LogP contribution is 2.31. The summed E-state index contributed by atoms with van der Waals surface area (Å²) in [6, 6.07) is 3.63. The molecule has 0 atom stereocenters. The lowest BCUT2D eigenvalue weighted by Crippen LogP contribution is -2.09. The molecule has 0 aliphatic rings. The molecule has 0 aliphatic heterocycles. The highest BCUT2D eigenvalue weighted by molar-refractivity contribution is 7.80. The van der Waals surface area contributed by atoms with Crippen LogP contribution in [0.15, 0.2) is 17.0 Å². The molecule has 0 fully saturated rings. The lowest BCUT2D eigenvalue weighted by atomic mass is 10.00. The predicted octanol–water partition coefficient (Wildman–Crippen LogP) is 4.05. The number of hydrogen-bond donors (Lipinski definition) is 2. The van der Waals surface area contributed by atoms with Gasteiger partial charge in [0.25, 0.3) is 5.82 Å². The van der Waals surface area contributed by atoms with Crippen LogP contribution in [0.4, 0.5) is 19.1 Å². The van der Waals surface area contributed by atoms with E-state index >= 15 is 0 Å². The van der Waals surface area contributed by atoms with E-state index in [2.05, 4.69) is 28.0 Å². The predicted molar refractivity (Wildman–Crippen MR) is 82.0 cm³/mol. The van der Waals surface area contributed by atoms with E-state index in [1.807, 2.05) is 26.8 Å². The summed E-state index contributed by atoms with van der Waals surface area (Å²) in [4.78, 5) is 4.21. The zero-order valence-electron chi connectivity index (χ0n) is 12.7. The summed E-state index contributed by atoms with van der Waals surface area (Å²) in [5.41, 5.74) is 2.35. The Bertz CT molecular complexity index is 692. The summed E-state index contributed by atoms with van der Waals surface area (Å²) in [5, 5.41) is 6.22. The van der Waals surface area contributed by atoms with Gasteiger partial charge in [0, 0.05) is 11.9 Å². The molecule has 2 aromatic rings. The van der Waals surface area contributed by atoms with Crippen LogP contribution in [0.3, 0.4) is 0 Å². The van der Waals surface area contributed by atoms with Crippen molar-refractivity contribution in [1.82, 2.24) is 14.8 Å². The fourth-order valence-corrected chi connectivity index (χ4v) is 2.61. The molecule has 0 aliphatic carbocycles. The number of rotatable bonds is 3. The molecule has 4 nitrogen and oxygen atoms in total. The number of benzene rings is 1. The van der Waals surface area contributed by atoms with E-state index in [1.165, 1.54) is 7.05 Å². The van der Waals surface area contributed by atoms with Crippen molar-refractivity contribution in [3.63, 3.8) is 0 Å². The highest BCUT2D eigenvalue weighted by atomic mass is 32.1. The van der Waals surface area contributed by atoms with Gasteiger partial charge in [-0.3, -0.25) is 0 Å². The summed E-state index contributed by atoms with van der Waals surface area (Å²) in [6.07, 6.45) is -4.59. The Morgan fingerprint density at radius 2 is 1.91 bits per heavy atom. The van der Waals surface area contributed by atoms with Gasteiger partial charge in [0.1, 0.15) is 0 Å².